The van der Waals surface area contributed by atoms with E-state index in [1.807, 2.05) is 19.1 Å². The molecule has 0 spiro atoms. The van der Waals surface area contributed by atoms with Gasteiger partial charge in [0.15, 0.2) is 0 Å². The van der Waals surface area contributed by atoms with Crippen LogP contribution in [0.2, 0.25) is 0 Å². The van der Waals surface area contributed by atoms with E-state index in [2.05, 4.69) is 17.4 Å². The number of fused-ring (bicyclic) bond motifs is 1. The van der Waals surface area contributed by atoms with E-state index in [9.17, 15) is 9.59 Å². The van der Waals surface area contributed by atoms with E-state index in [1.54, 1.807) is 4.90 Å². The van der Waals surface area contributed by atoms with Gasteiger partial charge in [0.1, 0.15) is 0 Å². The molecule has 5 nitrogen and oxygen atoms in total. The molecule has 0 aromatic heterocycles. The minimum absolute atomic E-state index is 0.117. The number of rotatable bonds is 2. The minimum atomic E-state index is -0.814. The molecule has 1 aliphatic carbocycles. The summed E-state index contributed by atoms with van der Waals surface area (Å²) in [5.74, 6) is -1.26. The van der Waals surface area contributed by atoms with Crippen molar-refractivity contribution >= 4 is 12.0 Å². The first kappa shape index (κ1) is 13.9. The van der Waals surface area contributed by atoms with E-state index in [4.69, 9.17) is 5.11 Å². The van der Waals surface area contributed by atoms with Crippen molar-refractivity contribution < 1.29 is 14.7 Å². The van der Waals surface area contributed by atoms with Gasteiger partial charge >= 0.3 is 12.0 Å². The van der Waals surface area contributed by atoms with Gasteiger partial charge in [0.05, 0.1) is 5.92 Å². The number of aliphatic carboxylic acids is 1. The average Bonchev–Trinajstić information content (AvgIpc) is 3.01. The SMILES string of the molecule is CC1C(C(=O)O)CCN1C(=O)NC1Cc2ccccc2C1. The van der Waals surface area contributed by atoms with Crippen LogP contribution in [-0.4, -0.2) is 40.6 Å². The molecule has 2 unspecified atom stereocenters. The van der Waals surface area contributed by atoms with E-state index in [-0.39, 0.29) is 18.1 Å². The molecule has 2 amide bonds. The first-order valence-corrected chi connectivity index (χ1v) is 7.43. The third kappa shape index (κ3) is 2.60. The normalized spacial score (nSPS) is 24.9. The van der Waals surface area contributed by atoms with Crippen LogP contribution >= 0.6 is 0 Å². The molecule has 1 aromatic rings. The lowest BCUT2D eigenvalue weighted by Gasteiger charge is -2.25. The van der Waals surface area contributed by atoms with Crippen molar-refractivity contribution in [2.75, 3.05) is 6.54 Å². The van der Waals surface area contributed by atoms with Gasteiger partial charge in [-0.05, 0) is 37.3 Å². The fraction of sp³-hybridized carbons (Fsp3) is 0.500. The largest absolute Gasteiger partial charge is 0.481 e. The minimum Gasteiger partial charge on any atom is -0.481 e. The molecule has 0 bridgehead atoms. The Morgan fingerprint density at radius 3 is 2.38 bits per heavy atom. The molecular formula is C16H20N2O3. The number of carboxylic acids is 1. The Balaban J connectivity index is 1.60. The Kier molecular flexibility index (Phi) is 3.57. The molecule has 112 valence electrons. The zero-order valence-corrected chi connectivity index (χ0v) is 12.1. The van der Waals surface area contributed by atoms with E-state index < -0.39 is 11.9 Å². The highest BCUT2D eigenvalue weighted by molar-refractivity contribution is 5.78. The molecule has 0 radical (unpaired) electrons. The molecule has 0 saturated carbocycles. The van der Waals surface area contributed by atoms with Crippen molar-refractivity contribution in [3.63, 3.8) is 0 Å². The molecule has 2 N–H and O–H groups in total. The third-order valence-electron chi connectivity index (χ3n) is 4.71. The van der Waals surface area contributed by atoms with E-state index in [0.717, 1.165) is 12.8 Å². The number of carboxylic acid groups (broad SMARTS) is 1. The van der Waals surface area contributed by atoms with E-state index >= 15 is 0 Å². The number of hydrogen-bond acceptors (Lipinski definition) is 2. The van der Waals surface area contributed by atoms with Gasteiger partial charge in [0.2, 0.25) is 0 Å². The highest BCUT2D eigenvalue weighted by Crippen LogP contribution is 2.26. The number of likely N-dealkylation sites (tertiary alicyclic amines) is 1. The van der Waals surface area contributed by atoms with Gasteiger partial charge in [-0.15, -0.1) is 0 Å². The first-order valence-electron chi connectivity index (χ1n) is 7.43. The van der Waals surface area contributed by atoms with Crippen LogP contribution in [0.25, 0.3) is 0 Å². The van der Waals surface area contributed by atoms with Crippen LogP contribution < -0.4 is 5.32 Å². The zero-order valence-electron chi connectivity index (χ0n) is 12.1. The number of amides is 2. The number of hydrogen-bond donors (Lipinski definition) is 2. The predicted molar refractivity (Wildman–Crippen MR) is 78.1 cm³/mol. The number of carbonyl (C=O) groups excluding carboxylic acids is 1. The maximum atomic E-state index is 12.4. The van der Waals surface area contributed by atoms with Gasteiger partial charge in [0, 0.05) is 18.6 Å². The van der Waals surface area contributed by atoms with Crippen LogP contribution in [-0.2, 0) is 17.6 Å². The van der Waals surface area contributed by atoms with E-state index in [0.29, 0.717) is 13.0 Å². The summed E-state index contributed by atoms with van der Waals surface area (Å²) in [6, 6.07) is 7.97. The summed E-state index contributed by atoms with van der Waals surface area (Å²) in [6.07, 6.45) is 2.24. The Bertz CT molecular complexity index is 547. The van der Waals surface area contributed by atoms with E-state index in [1.165, 1.54) is 11.1 Å². The van der Waals surface area contributed by atoms with Crippen LogP contribution in [0.4, 0.5) is 4.79 Å². The molecule has 5 heteroatoms. The molecule has 1 aromatic carbocycles. The Hall–Kier alpha value is -2.04. The molecule has 2 atom stereocenters. The maximum Gasteiger partial charge on any atom is 0.317 e. The van der Waals surface area contributed by atoms with Crippen LogP contribution in [0.3, 0.4) is 0 Å². The molecule has 21 heavy (non-hydrogen) atoms. The van der Waals surface area contributed by atoms with Crippen molar-refractivity contribution in [2.24, 2.45) is 5.92 Å². The van der Waals surface area contributed by atoms with Gasteiger partial charge in [-0.2, -0.15) is 0 Å². The Labute approximate surface area is 123 Å². The van der Waals surface area contributed by atoms with Crippen LogP contribution in [0.1, 0.15) is 24.5 Å². The summed E-state index contributed by atoms with van der Waals surface area (Å²) >= 11 is 0. The molecule has 1 heterocycles. The fourth-order valence-electron chi connectivity index (χ4n) is 3.47. The van der Waals surface area contributed by atoms with Gasteiger partial charge in [-0.1, -0.05) is 24.3 Å². The summed E-state index contributed by atoms with van der Waals surface area (Å²) in [7, 11) is 0. The summed E-state index contributed by atoms with van der Waals surface area (Å²) in [4.78, 5) is 25.1. The number of nitrogens with one attached hydrogen (secondary N) is 1. The summed E-state index contributed by atoms with van der Waals surface area (Å²) in [5, 5.41) is 12.2. The highest BCUT2D eigenvalue weighted by atomic mass is 16.4. The Morgan fingerprint density at radius 1 is 1.24 bits per heavy atom. The number of carbonyl (C=O) groups is 2. The average molecular weight is 288 g/mol. The van der Waals surface area contributed by atoms with Gasteiger partial charge in [0.25, 0.3) is 0 Å². The van der Waals surface area contributed by atoms with Crippen LogP contribution in [0.5, 0.6) is 0 Å². The van der Waals surface area contributed by atoms with Crippen LogP contribution in [0, 0.1) is 5.92 Å². The lowest BCUT2D eigenvalue weighted by molar-refractivity contribution is -0.142. The molecular weight excluding hydrogens is 268 g/mol. The van der Waals surface area contributed by atoms with Crippen molar-refractivity contribution in [3.8, 4) is 0 Å². The lowest BCUT2D eigenvalue weighted by Crippen LogP contribution is -2.47. The molecule has 2 aliphatic rings. The second-order valence-corrected chi connectivity index (χ2v) is 5.99. The maximum absolute atomic E-state index is 12.4. The predicted octanol–water partition coefficient (Wildman–Crippen LogP) is 1.66. The Morgan fingerprint density at radius 2 is 1.86 bits per heavy atom. The summed E-state index contributed by atoms with van der Waals surface area (Å²) < 4.78 is 0. The third-order valence-corrected chi connectivity index (χ3v) is 4.71. The van der Waals surface area contributed by atoms with Crippen molar-refractivity contribution in [3.05, 3.63) is 35.4 Å². The molecule has 3 rings (SSSR count). The quantitative estimate of drug-likeness (QED) is 0.869. The highest BCUT2D eigenvalue weighted by Gasteiger charge is 2.38. The fourth-order valence-corrected chi connectivity index (χ4v) is 3.47. The van der Waals surface area contributed by atoms with Crippen molar-refractivity contribution in [1.82, 2.24) is 10.2 Å². The van der Waals surface area contributed by atoms with Gasteiger partial charge in [-0.3, -0.25) is 4.79 Å². The smallest absolute Gasteiger partial charge is 0.317 e. The lowest BCUT2D eigenvalue weighted by atomic mass is 10.0. The van der Waals surface area contributed by atoms with Crippen LogP contribution in [0.15, 0.2) is 24.3 Å². The van der Waals surface area contributed by atoms with Gasteiger partial charge in [-0.25, -0.2) is 4.79 Å². The van der Waals surface area contributed by atoms with Gasteiger partial charge < -0.3 is 15.3 Å². The topological polar surface area (TPSA) is 69.6 Å². The molecule has 1 aliphatic heterocycles. The standard InChI is InChI=1S/C16H20N2O3/c1-10-14(15(19)20)6-7-18(10)16(21)17-13-8-11-4-2-3-5-12(11)9-13/h2-5,10,13-14H,6-9H2,1H3,(H,17,21)(H,19,20). The second kappa shape index (κ2) is 5.39. The summed E-state index contributed by atoms with van der Waals surface area (Å²) in [5.41, 5.74) is 2.58. The monoisotopic (exact) mass is 288 g/mol. The second-order valence-electron chi connectivity index (χ2n) is 5.99. The van der Waals surface area contributed by atoms with Crippen molar-refractivity contribution in [2.45, 2.75) is 38.3 Å². The number of urea groups is 1. The molecule has 1 saturated heterocycles. The first-order chi connectivity index (χ1) is 10.1. The zero-order chi connectivity index (χ0) is 15.0. The number of nitrogens with zero attached hydrogens (tertiary/aromatic N) is 1. The summed E-state index contributed by atoms with van der Waals surface area (Å²) in [6.45, 7) is 2.33. The number of benzene rings is 1. The molecule has 1 fully saturated rings. The van der Waals surface area contributed by atoms with Crippen molar-refractivity contribution in [1.29, 1.82) is 0 Å².